The lowest BCUT2D eigenvalue weighted by Crippen LogP contribution is -2.25. The molecular weight excluding hydrogens is 532 g/mol. The van der Waals surface area contributed by atoms with Gasteiger partial charge in [-0.3, -0.25) is 9.59 Å². The molecule has 0 aromatic rings. The van der Waals surface area contributed by atoms with E-state index in [1.54, 1.807) is 0 Å². The van der Waals surface area contributed by atoms with Crippen LogP contribution in [0.2, 0.25) is 0 Å². The lowest BCUT2D eigenvalue weighted by Gasteiger charge is -2.18. The minimum atomic E-state index is -0.342. The summed E-state index contributed by atoms with van der Waals surface area (Å²) in [5.41, 5.74) is 0. The fourth-order valence-corrected chi connectivity index (χ4v) is 5.84. The van der Waals surface area contributed by atoms with Crippen LogP contribution in [0.5, 0.6) is 0 Å². The average molecular weight is 605 g/mol. The molecule has 1 atom stereocenters. The van der Waals surface area contributed by atoms with E-state index in [9.17, 15) is 14.4 Å². The summed E-state index contributed by atoms with van der Waals surface area (Å²) in [4.78, 5) is 35.2. The Kier molecular flexibility index (Phi) is 32.3. The number of allylic oxidation sites excluding steroid dienone is 2. The van der Waals surface area contributed by atoms with Crippen LogP contribution in [-0.4, -0.2) is 18.2 Å². The van der Waals surface area contributed by atoms with Crippen LogP contribution in [0.1, 0.15) is 207 Å². The van der Waals surface area contributed by atoms with Crippen LogP contribution in [0.15, 0.2) is 12.2 Å². The molecule has 0 aliphatic heterocycles. The molecule has 0 aromatic heterocycles. The molecule has 0 heterocycles. The van der Waals surface area contributed by atoms with Gasteiger partial charge in [0, 0.05) is 12.8 Å². The van der Waals surface area contributed by atoms with E-state index in [2.05, 4.69) is 32.9 Å². The smallest absolute Gasteiger partial charge is 0.316 e. The van der Waals surface area contributed by atoms with Gasteiger partial charge in [0.05, 0.1) is 5.92 Å². The molecule has 0 saturated heterocycles. The minimum absolute atomic E-state index is 0.170. The predicted octanol–water partition coefficient (Wildman–Crippen LogP) is 12.4. The van der Waals surface area contributed by atoms with Gasteiger partial charge in [-0.15, -0.1) is 0 Å². The maximum Gasteiger partial charge on any atom is 0.316 e. The first-order chi connectivity index (χ1) is 21.0. The second kappa shape index (κ2) is 33.4. The van der Waals surface area contributed by atoms with Crippen molar-refractivity contribution < 1.29 is 19.1 Å². The summed E-state index contributed by atoms with van der Waals surface area (Å²) in [7, 11) is 0. The zero-order valence-corrected chi connectivity index (χ0v) is 29.0. The van der Waals surface area contributed by atoms with Crippen LogP contribution in [-0.2, 0) is 19.1 Å². The van der Waals surface area contributed by atoms with Crippen LogP contribution in [0.25, 0.3) is 0 Å². The van der Waals surface area contributed by atoms with Gasteiger partial charge in [0.15, 0.2) is 0 Å². The van der Waals surface area contributed by atoms with Gasteiger partial charge in [-0.2, -0.15) is 0 Å². The highest BCUT2D eigenvalue weighted by Crippen LogP contribution is 2.22. The summed E-state index contributed by atoms with van der Waals surface area (Å²) in [5.74, 6) is -0.621. The summed E-state index contributed by atoms with van der Waals surface area (Å²) >= 11 is 0. The van der Waals surface area contributed by atoms with Crippen molar-refractivity contribution in [1.82, 2.24) is 0 Å². The molecule has 4 heteroatoms. The third kappa shape index (κ3) is 30.4. The van der Waals surface area contributed by atoms with Crippen molar-refractivity contribution in [3.8, 4) is 0 Å². The number of rotatable bonds is 33. The van der Waals surface area contributed by atoms with Crippen molar-refractivity contribution in [1.29, 1.82) is 0 Å². The molecule has 4 nitrogen and oxygen atoms in total. The molecule has 0 amide bonds. The van der Waals surface area contributed by atoms with E-state index in [1.165, 1.54) is 122 Å². The number of carbonyl (C=O) groups excluding carboxylic acids is 3. The average Bonchev–Trinajstić information content (AvgIpc) is 2.98. The monoisotopic (exact) mass is 605 g/mol. The summed E-state index contributed by atoms with van der Waals surface area (Å²) in [5, 5.41) is 0. The predicted molar refractivity (Wildman–Crippen MR) is 184 cm³/mol. The first-order valence-corrected chi connectivity index (χ1v) is 18.9. The van der Waals surface area contributed by atoms with Crippen molar-refractivity contribution in [3.05, 3.63) is 12.2 Å². The van der Waals surface area contributed by atoms with Gasteiger partial charge >= 0.3 is 11.9 Å². The molecule has 0 N–H and O–H groups in total. The van der Waals surface area contributed by atoms with Gasteiger partial charge in [-0.25, -0.2) is 0 Å². The Bertz CT molecular complexity index is 654. The van der Waals surface area contributed by atoms with E-state index < -0.39 is 0 Å². The molecule has 0 fully saturated rings. The highest BCUT2D eigenvalue weighted by molar-refractivity contribution is 5.86. The number of hydrogen-bond donors (Lipinski definition) is 0. The van der Waals surface area contributed by atoms with Crippen LogP contribution in [0, 0.1) is 11.8 Å². The quantitative estimate of drug-likeness (QED) is 0.0246. The molecule has 0 aliphatic rings. The van der Waals surface area contributed by atoms with E-state index in [0.29, 0.717) is 6.42 Å². The van der Waals surface area contributed by atoms with E-state index in [0.717, 1.165) is 64.1 Å². The topological polar surface area (TPSA) is 60.4 Å². The SMILES string of the molecule is CCCCCCCCC=CCCCCCCCC(=O)OC(=O)C(CCCCCCCCCCCCCCCC=O)C(C)C. The molecule has 1 unspecified atom stereocenters. The largest absolute Gasteiger partial charge is 0.393 e. The summed E-state index contributed by atoms with van der Waals surface area (Å²) in [6, 6.07) is 0. The standard InChI is InChI=1S/C39H72O4/c1-4-5-6-7-8-9-10-11-12-16-19-22-25-28-31-34-38(41)43-39(42)37(36(2)3)33-30-27-24-21-18-15-13-14-17-20-23-26-29-32-35-40/h11-12,35-37H,4-10,13-34H2,1-3H3. The molecule has 0 radical (unpaired) electrons. The fourth-order valence-electron chi connectivity index (χ4n) is 5.84. The molecule has 0 saturated carbocycles. The van der Waals surface area contributed by atoms with E-state index in [4.69, 9.17) is 4.74 Å². The van der Waals surface area contributed by atoms with Gasteiger partial charge in [0.25, 0.3) is 0 Å². The van der Waals surface area contributed by atoms with E-state index in [-0.39, 0.29) is 23.8 Å². The van der Waals surface area contributed by atoms with Crippen LogP contribution in [0.4, 0.5) is 0 Å². The summed E-state index contributed by atoms with van der Waals surface area (Å²) in [6.07, 6.45) is 39.7. The molecule has 0 bridgehead atoms. The number of esters is 2. The Balaban J connectivity index is 3.69. The number of aldehydes is 1. The third-order valence-electron chi connectivity index (χ3n) is 8.80. The minimum Gasteiger partial charge on any atom is -0.393 e. The zero-order valence-electron chi connectivity index (χ0n) is 29.0. The Labute approximate surface area is 268 Å². The van der Waals surface area contributed by atoms with Gasteiger partial charge in [-0.05, 0) is 50.9 Å². The van der Waals surface area contributed by atoms with Crippen molar-refractivity contribution >= 4 is 18.2 Å². The number of carbonyl (C=O) groups is 3. The fraction of sp³-hybridized carbons (Fsp3) is 0.872. The number of ether oxygens (including phenoxy) is 1. The second-order valence-corrected chi connectivity index (χ2v) is 13.3. The first-order valence-electron chi connectivity index (χ1n) is 18.9. The number of hydrogen-bond acceptors (Lipinski definition) is 4. The van der Waals surface area contributed by atoms with Crippen molar-refractivity contribution in [2.45, 2.75) is 207 Å². The van der Waals surface area contributed by atoms with Gasteiger partial charge < -0.3 is 9.53 Å². The summed E-state index contributed by atoms with van der Waals surface area (Å²) < 4.78 is 5.27. The molecule has 0 rings (SSSR count). The van der Waals surface area contributed by atoms with Crippen molar-refractivity contribution in [2.24, 2.45) is 11.8 Å². The Morgan fingerprint density at radius 1 is 0.535 bits per heavy atom. The molecule has 252 valence electrons. The maximum atomic E-state index is 12.7. The molecule has 0 aliphatic carbocycles. The Hall–Kier alpha value is -1.45. The third-order valence-corrected chi connectivity index (χ3v) is 8.80. The molecular formula is C39H72O4. The zero-order chi connectivity index (χ0) is 31.6. The molecule has 0 spiro atoms. The lowest BCUT2D eigenvalue weighted by atomic mass is 9.90. The maximum absolute atomic E-state index is 12.7. The summed E-state index contributed by atoms with van der Waals surface area (Å²) in [6.45, 7) is 6.39. The van der Waals surface area contributed by atoms with Crippen LogP contribution in [0.3, 0.4) is 0 Å². The van der Waals surface area contributed by atoms with Gasteiger partial charge in [-0.1, -0.05) is 161 Å². The van der Waals surface area contributed by atoms with Gasteiger partial charge in [0.2, 0.25) is 0 Å². The molecule has 43 heavy (non-hydrogen) atoms. The van der Waals surface area contributed by atoms with Crippen molar-refractivity contribution in [3.63, 3.8) is 0 Å². The highest BCUT2D eigenvalue weighted by Gasteiger charge is 2.25. The number of unbranched alkanes of at least 4 members (excludes halogenated alkanes) is 24. The Morgan fingerprint density at radius 2 is 0.930 bits per heavy atom. The van der Waals surface area contributed by atoms with Crippen LogP contribution >= 0.6 is 0 Å². The van der Waals surface area contributed by atoms with E-state index in [1.807, 2.05) is 0 Å². The van der Waals surface area contributed by atoms with Gasteiger partial charge in [0.1, 0.15) is 6.29 Å². The molecule has 0 aromatic carbocycles. The van der Waals surface area contributed by atoms with Crippen molar-refractivity contribution in [2.75, 3.05) is 0 Å². The Morgan fingerprint density at radius 3 is 1.37 bits per heavy atom. The van der Waals surface area contributed by atoms with E-state index >= 15 is 0 Å². The lowest BCUT2D eigenvalue weighted by molar-refractivity contribution is -0.164. The first kappa shape index (κ1) is 41.5. The highest BCUT2D eigenvalue weighted by atomic mass is 16.6. The normalized spacial score (nSPS) is 12.3. The van der Waals surface area contributed by atoms with Crippen LogP contribution < -0.4 is 0 Å². The second-order valence-electron chi connectivity index (χ2n) is 13.3.